The van der Waals surface area contributed by atoms with Crippen molar-refractivity contribution in [1.82, 2.24) is 0 Å². The molecule has 98 valence electrons. The number of nitrogens with one attached hydrogen (secondary N) is 1. The van der Waals surface area contributed by atoms with Crippen LogP contribution in [0.15, 0.2) is 36.4 Å². The highest BCUT2D eigenvalue weighted by atomic mass is 19.1. The molecule has 0 heterocycles. The van der Waals surface area contributed by atoms with Crippen LogP contribution in [-0.4, -0.2) is 4.92 Å². The van der Waals surface area contributed by atoms with Crippen molar-refractivity contribution in [3.8, 4) is 0 Å². The lowest BCUT2D eigenvalue weighted by Gasteiger charge is -2.07. The number of nitrogens with zero attached hydrogens (tertiary/aromatic N) is 1. The molecule has 0 aromatic heterocycles. The fraction of sp³-hybridized carbons (Fsp3) is 0. The van der Waals surface area contributed by atoms with Crippen molar-refractivity contribution < 1.29 is 18.1 Å². The van der Waals surface area contributed by atoms with Crippen LogP contribution in [0, 0.1) is 27.6 Å². The molecule has 0 bridgehead atoms. The molecule has 0 spiro atoms. The molecule has 0 aliphatic rings. The third-order valence-electron chi connectivity index (χ3n) is 2.30. The number of anilines is 2. The zero-order valence-corrected chi connectivity index (χ0v) is 9.36. The summed E-state index contributed by atoms with van der Waals surface area (Å²) in [7, 11) is 0. The molecule has 0 saturated carbocycles. The van der Waals surface area contributed by atoms with Gasteiger partial charge < -0.3 is 5.32 Å². The molecule has 0 aliphatic heterocycles. The Morgan fingerprint density at radius 3 is 2.16 bits per heavy atom. The maximum absolute atomic E-state index is 13.1. The molecule has 4 nitrogen and oxygen atoms in total. The molecule has 0 unspecified atom stereocenters. The van der Waals surface area contributed by atoms with Crippen molar-refractivity contribution in [1.29, 1.82) is 0 Å². The quantitative estimate of drug-likeness (QED) is 0.681. The van der Waals surface area contributed by atoms with E-state index in [9.17, 15) is 23.3 Å². The number of hydrogen-bond donors (Lipinski definition) is 1. The Balaban J connectivity index is 2.42. The highest BCUT2D eigenvalue weighted by Crippen LogP contribution is 2.28. The molecule has 19 heavy (non-hydrogen) atoms. The highest BCUT2D eigenvalue weighted by molar-refractivity contribution is 5.69. The van der Waals surface area contributed by atoms with Crippen LogP contribution in [0.4, 0.5) is 30.2 Å². The van der Waals surface area contributed by atoms with Crippen molar-refractivity contribution in [2.45, 2.75) is 0 Å². The van der Waals surface area contributed by atoms with Gasteiger partial charge in [0, 0.05) is 23.9 Å². The molecule has 0 amide bonds. The van der Waals surface area contributed by atoms with Crippen LogP contribution in [0.25, 0.3) is 0 Å². The summed E-state index contributed by atoms with van der Waals surface area (Å²) in [4.78, 5) is 10.0. The largest absolute Gasteiger partial charge is 0.350 e. The molecule has 2 aromatic rings. The normalized spacial score (nSPS) is 10.3. The lowest BCUT2D eigenvalue weighted by molar-refractivity contribution is -0.384. The number of rotatable bonds is 3. The maximum Gasteiger partial charge on any atom is 0.292 e. The Morgan fingerprint density at radius 2 is 1.58 bits per heavy atom. The van der Waals surface area contributed by atoms with Crippen LogP contribution in [0.5, 0.6) is 0 Å². The highest BCUT2D eigenvalue weighted by Gasteiger charge is 2.15. The van der Waals surface area contributed by atoms with E-state index >= 15 is 0 Å². The number of nitro benzene ring substituents is 1. The van der Waals surface area contributed by atoms with Crippen LogP contribution < -0.4 is 5.32 Å². The summed E-state index contributed by atoms with van der Waals surface area (Å²) in [6.45, 7) is 0. The lowest BCUT2D eigenvalue weighted by atomic mass is 10.2. The van der Waals surface area contributed by atoms with E-state index in [2.05, 4.69) is 5.32 Å². The Bertz CT molecular complexity index is 627. The van der Waals surface area contributed by atoms with Gasteiger partial charge in [-0.05, 0) is 18.2 Å². The van der Waals surface area contributed by atoms with Gasteiger partial charge in [0.1, 0.15) is 23.1 Å². The first kappa shape index (κ1) is 12.9. The van der Waals surface area contributed by atoms with Crippen molar-refractivity contribution in [2.75, 3.05) is 5.32 Å². The number of benzene rings is 2. The number of nitro groups is 1. The molecule has 0 saturated heterocycles. The third kappa shape index (κ3) is 3.01. The Hall–Kier alpha value is -2.57. The molecule has 2 aromatic carbocycles. The zero-order chi connectivity index (χ0) is 14.0. The van der Waals surface area contributed by atoms with Gasteiger partial charge >= 0.3 is 0 Å². The van der Waals surface area contributed by atoms with E-state index in [1.54, 1.807) is 0 Å². The summed E-state index contributed by atoms with van der Waals surface area (Å²) < 4.78 is 39.0. The van der Waals surface area contributed by atoms with Crippen LogP contribution in [0.1, 0.15) is 0 Å². The van der Waals surface area contributed by atoms with Gasteiger partial charge in [-0.3, -0.25) is 10.1 Å². The van der Waals surface area contributed by atoms with E-state index in [-0.39, 0.29) is 11.4 Å². The molecular weight excluding hydrogens is 261 g/mol. The average molecular weight is 268 g/mol. The zero-order valence-electron chi connectivity index (χ0n) is 9.36. The molecule has 0 atom stereocenters. The minimum atomic E-state index is -0.846. The monoisotopic (exact) mass is 268 g/mol. The lowest BCUT2D eigenvalue weighted by Crippen LogP contribution is -1.98. The minimum Gasteiger partial charge on any atom is -0.350 e. The molecule has 0 radical (unpaired) electrons. The van der Waals surface area contributed by atoms with Crippen molar-refractivity contribution in [3.63, 3.8) is 0 Å². The number of hydrogen-bond acceptors (Lipinski definition) is 3. The van der Waals surface area contributed by atoms with Crippen molar-refractivity contribution in [3.05, 3.63) is 64.0 Å². The van der Waals surface area contributed by atoms with Gasteiger partial charge in [0.05, 0.1) is 4.92 Å². The predicted molar refractivity (Wildman–Crippen MR) is 62.7 cm³/mol. The van der Waals surface area contributed by atoms with E-state index in [0.717, 1.165) is 30.3 Å². The Morgan fingerprint density at radius 1 is 0.947 bits per heavy atom. The second-order valence-electron chi connectivity index (χ2n) is 3.70. The molecular formula is C12H7F3N2O2. The first-order valence-corrected chi connectivity index (χ1v) is 5.13. The fourth-order valence-corrected chi connectivity index (χ4v) is 1.55. The van der Waals surface area contributed by atoms with Gasteiger partial charge in [-0.1, -0.05) is 0 Å². The van der Waals surface area contributed by atoms with Gasteiger partial charge in [0.15, 0.2) is 0 Å². The van der Waals surface area contributed by atoms with Gasteiger partial charge in [0.2, 0.25) is 0 Å². The summed E-state index contributed by atoms with van der Waals surface area (Å²) in [5.41, 5.74) is -0.632. The van der Waals surface area contributed by atoms with Gasteiger partial charge in [-0.25, -0.2) is 13.2 Å². The van der Waals surface area contributed by atoms with E-state index in [0.29, 0.717) is 6.07 Å². The third-order valence-corrected chi connectivity index (χ3v) is 2.30. The SMILES string of the molecule is O=[N+]([O-])c1ccc(F)cc1Nc1cc(F)cc(F)c1. The van der Waals surface area contributed by atoms with Gasteiger partial charge in [-0.15, -0.1) is 0 Å². The summed E-state index contributed by atoms with van der Waals surface area (Å²) in [6.07, 6.45) is 0. The maximum atomic E-state index is 13.1. The predicted octanol–water partition coefficient (Wildman–Crippen LogP) is 3.76. The summed E-state index contributed by atoms with van der Waals surface area (Å²) in [5.74, 6) is -2.40. The second-order valence-corrected chi connectivity index (χ2v) is 3.70. The Kier molecular flexibility index (Phi) is 3.37. The standard InChI is InChI=1S/C12H7F3N2O2/c13-7-1-2-12(17(18)19)11(6-7)16-10-4-8(14)3-9(15)5-10/h1-6,16H. The van der Waals surface area contributed by atoms with Crippen molar-refractivity contribution in [2.24, 2.45) is 0 Å². The molecule has 0 fully saturated rings. The fourth-order valence-electron chi connectivity index (χ4n) is 1.55. The van der Waals surface area contributed by atoms with E-state index in [4.69, 9.17) is 0 Å². The van der Waals surface area contributed by atoms with Crippen LogP contribution in [0.2, 0.25) is 0 Å². The molecule has 2 rings (SSSR count). The van der Waals surface area contributed by atoms with E-state index in [1.165, 1.54) is 0 Å². The van der Waals surface area contributed by atoms with Crippen LogP contribution in [0.3, 0.4) is 0 Å². The van der Waals surface area contributed by atoms with Crippen molar-refractivity contribution >= 4 is 17.1 Å². The smallest absolute Gasteiger partial charge is 0.292 e. The molecule has 7 heteroatoms. The average Bonchev–Trinajstić information content (AvgIpc) is 2.26. The van der Waals surface area contributed by atoms with Gasteiger partial charge in [0.25, 0.3) is 5.69 Å². The summed E-state index contributed by atoms with van der Waals surface area (Å²) >= 11 is 0. The molecule has 0 aliphatic carbocycles. The number of halogens is 3. The van der Waals surface area contributed by atoms with E-state index < -0.39 is 28.1 Å². The molecule has 1 N–H and O–H groups in total. The van der Waals surface area contributed by atoms with Gasteiger partial charge in [-0.2, -0.15) is 0 Å². The minimum absolute atomic E-state index is 0.0498. The first-order valence-electron chi connectivity index (χ1n) is 5.13. The second kappa shape index (κ2) is 4.97. The topological polar surface area (TPSA) is 55.2 Å². The first-order chi connectivity index (χ1) is 8.95. The van der Waals surface area contributed by atoms with Crippen LogP contribution in [-0.2, 0) is 0 Å². The summed E-state index contributed by atoms with van der Waals surface area (Å²) in [6, 6.07) is 5.31. The summed E-state index contributed by atoms with van der Waals surface area (Å²) in [5, 5.41) is 13.2. The van der Waals surface area contributed by atoms with Crippen LogP contribution >= 0.6 is 0 Å². The van der Waals surface area contributed by atoms with E-state index in [1.807, 2.05) is 0 Å². The Labute approximate surface area is 105 Å².